The van der Waals surface area contributed by atoms with Crippen molar-refractivity contribution >= 4 is 16.0 Å². The average molecular weight is 413 g/mol. The van der Waals surface area contributed by atoms with E-state index in [4.69, 9.17) is 9.47 Å². The Balaban J connectivity index is 1.34. The summed E-state index contributed by atoms with van der Waals surface area (Å²) in [5.74, 6) is -0.0555. The molecule has 2 aromatic carbocycles. The van der Waals surface area contributed by atoms with Crippen molar-refractivity contribution in [2.45, 2.75) is 43.4 Å². The first-order chi connectivity index (χ1) is 13.7. The smallest absolute Gasteiger partial charge is 0.311 e. The molecule has 2 saturated heterocycles. The number of nitrogens with zero attached hydrogens (tertiary/aromatic N) is 1. The van der Waals surface area contributed by atoms with Crippen molar-refractivity contribution in [1.82, 2.24) is 4.31 Å². The maximum Gasteiger partial charge on any atom is 0.311 e. The summed E-state index contributed by atoms with van der Waals surface area (Å²) in [5.41, 5.74) is 0.0938. The van der Waals surface area contributed by atoms with Gasteiger partial charge < -0.3 is 9.47 Å². The molecule has 1 saturated carbocycles. The molecule has 152 valence electrons. The molecule has 2 heterocycles. The lowest BCUT2D eigenvalue weighted by Gasteiger charge is -2.65. The van der Waals surface area contributed by atoms with Crippen LogP contribution in [0.4, 0.5) is 0 Å². The molecule has 0 bridgehead atoms. The van der Waals surface area contributed by atoms with Gasteiger partial charge in [-0.15, -0.1) is 0 Å². The van der Waals surface area contributed by atoms with Gasteiger partial charge in [-0.25, -0.2) is 8.42 Å². The van der Waals surface area contributed by atoms with Gasteiger partial charge in [0.15, 0.2) is 0 Å². The fraction of sp³-hybridized carbons (Fsp3) is 0.409. The summed E-state index contributed by atoms with van der Waals surface area (Å²) < 4.78 is 39.2. The van der Waals surface area contributed by atoms with Gasteiger partial charge in [0.25, 0.3) is 0 Å². The Morgan fingerprint density at radius 2 is 1.79 bits per heavy atom. The number of benzene rings is 2. The molecule has 0 amide bonds. The van der Waals surface area contributed by atoms with Crippen LogP contribution in [0.15, 0.2) is 59.5 Å². The Bertz CT molecular complexity index is 1060. The molecule has 2 aromatic rings. The zero-order valence-electron chi connectivity index (χ0n) is 16.4. The summed E-state index contributed by atoms with van der Waals surface area (Å²) in [7, 11) is -3.71. The van der Waals surface area contributed by atoms with Crippen LogP contribution in [-0.4, -0.2) is 36.9 Å². The van der Waals surface area contributed by atoms with Crippen LogP contribution in [-0.2, 0) is 26.2 Å². The molecule has 2 aliphatic heterocycles. The van der Waals surface area contributed by atoms with E-state index in [0.29, 0.717) is 18.8 Å². The Kier molecular flexibility index (Phi) is 3.89. The Morgan fingerprint density at radius 3 is 2.45 bits per heavy atom. The predicted octanol–water partition coefficient (Wildman–Crippen LogP) is 2.98. The summed E-state index contributed by atoms with van der Waals surface area (Å²) in [5, 5.41) is 0. The first kappa shape index (κ1) is 18.6. The van der Waals surface area contributed by atoms with Crippen LogP contribution in [0.2, 0.25) is 0 Å². The molecule has 3 fully saturated rings. The van der Waals surface area contributed by atoms with Gasteiger partial charge in [0.05, 0.1) is 22.9 Å². The van der Waals surface area contributed by atoms with Crippen molar-refractivity contribution in [2.75, 3.05) is 6.54 Å². The van der Waals surface area contributed by atoms with E-state index < -0.39 is 21.5 Å². The van der Waals surface area contributed by atoms with Crippen molar-refractivity contribution in [3.05, 3.63) is 60.2 Å². The number of carbonyl (C=O) groups is 1. The van der Waals surface area contributed by atoms with E-state index in [1.807, 2.05) is 44.2 Å². The highest BCUT2D eigenvalue weighted by Crippen LogP contribution is 2.67. The van der Waals surface area contributed by atoms with Gasteiger partial charge in [0.1, 0.15) is 18.5 Å². The molecule has 0 radical (unpaired) electrons. The van der Waals surface area contributed by atoms with E-state index in [2.05, 4.69) is 0 Å². The van der Waals surface area contributed by atoms with Crippen LogP contribution in [0.3, 0.4) is 0 Å². The van der Waals surface area contributed by atoms with Crippen LogP contribution in [0.25, 0.3) is 0 Å². The molecular weight excluding hydrogens is 390 g/mol. The predicted molar refractivity (Wildman–Crippen MR) is 106 cm³/mol. The van der Waals surface area contributed by atoms with Gasteiger partial charge in [-0.2, -0.15) is 4.31 Å². The summed E-state index contributed by atoms with van der Waals surface area (Å²) in [6.07, 6.45) is 0.315. The van der Waals surface area contributed by atoms with Gasteiger partial charge in [-0.3, -0.25) is 4.79 Å². The van der Waals surface area contributed by atoms with Gasteiger partial charge in [0.2, 0.25) is 10.0 Å². The van der Waals surface area contributed by atoms with Crippen molar-refractivity contribution in [3.8, 4) is 5.75 Å². The van der Waals surface area contributed by atoms with Crippen LogP contribution in [0.5, 0.6) is 5.75 Å². The quantitative estimate of drug-likeness (QED) is 0.705. The maximum absolute atomic E-state index is 13.3. The second kappa shape index (κ2) is 6.06. The first-order valence-corrected chi connectivity index (χ1v) is 11.2. The van der Waals surface area contributed by atoms with Crippen molar-refractivity contribution in [3.63, 3.8) is 0 Å². The third kappa shape index (κ3) is 2.57. The minimum Gasteiger partial charge on any atom is -0.489 e. The van der Waals surface area contributed by atoms with Crippen LogP contribution in [0, 0.1) is 11.3 Å². The first-order valence-electron chi connectivity index (χ1n) is 9.75. The molecule has 0 N–H and O–H groups in total. The largest absolute Gasteiger partial charge is 0.489 e. The number of hydrogen-bond donors (Lipinski definition) is 0. The molecule has 29 heavy (non-hydrogen) atoms. The second-order valence-electron chi connectivity index (χ2n) is 8.80. The van der Waals surface area contributed by atoms with Crippen molar-refractivity contribution < 1.29 is 22.7 Å². The second-order valence-corrected chi connectivity index (χ2v) is 10.7. The summed E-state index contributed by atoms with van der Waals surface area (Å²) in [4.78, 5) is 12.5. The number of sulfonamides is 1. The molecule has 3 aliphatic rings. The lowest BCUT2D eigenvalue weighted by atomic mass is 9.48. The SMILES string of the molecule is CC1(C)CC23C(CN2S(=O)(=O)c2ccc(OCc4ccccc4)cc2)OC(=O)C13. The monoisotopic (exact) mass is 413 g/mol. The molecule has 3 atom stereocenters. The molecule has 7 heteroatoms. The summed E-state index contributed by atoms with van der Waals surface area (Å²) in [6.45, 7) is 4.63. The third-order valence-corrected chi connectivity index (χ3v) is 8.47. The highest BCUT2D eigenvalue weighted by atomic mass is 32.2. The van der Waals surface area contributed by atoms with Crippen LogP contribution >= 0.6 is 0 Å². The van der Waals surface area contributed by atoms with Gasteiger partial charge in [0, 0.05) is 0 Å². The molecule has 1 spiro atoms. The molecule has 1 aliphatic carbocycles. The Hall–Kier alpha value is -2.38. The lowest BCUT2D eigenvalue weighted by molar-refractivity contribution is -0.158. The molecule has 0 aromatic heterocycles. The fourth-order valence-corrected chi connectivity index (χ4v) is 7.11. The maximum atomic E-state index is 13.3. The van der Waals surface area contributed by atoms with E-state index in [1.54, 1.807) is 24.3 Å². The Morgan fingerprint density at radius 1 is 1.10 bits per heavy atom. The topological polar surface area (TPSA) is 72.9 Å². The lowest BCUT2D eigenvalue weighted by Crippen LogP contribution is -2.80. The van der Waals surface area contributed by atoms with Crippen LogP contribution in [0.1, 0.15) is 25.8 Å². The summed E-state index contributed by atoms with van der Waals surface area (Å²) in [6, 6.07) is 16.2. The minimum atomic E-state index is -3.71. The highest BCUT2D eigenvalue weighted by molar-refractivity contribution is 7.89. The fourth-order valence-electron chi connectivity index (χ4n) is 5.31. The summed E-state index contributed by atoms with van der Waals surface area (Å²) >= 11 is 0. The standard InChI is InChI=1S/C22H23NO5S/c1-21(2)14-22-18(28-20(24)19(21)22)12-23(22)29(25,26)17-10-8-16(9-11-17)27-13-15-6-4-3-5-7-15/h3-11,18-19H,12-14H2,1-2H3. The van der Waals surface area contributed by atoms with Gasteiger partial charge >= 0.3 is 5.97 Å². The number of carbonyl (C=O) groups excluding carboxylic acids is 1. The number of esters is 1. The Labute approximate surface area is 170 Å². The minimum absolute atomic E-state index is 0.209. The van der Waals surface area contributed by atoms with Gasteiger partial charge in [-0.1, -0.05) is 44.2 Å². The van der Waals surface area contributed by atoms with Crippen molar-refractivity contribution in [2.24, 2.45) is 11.3 Å². The third-order valence-electron chi connectivity index (χ3n) is 6.53. The molecule has 3 unspecified atom stereocenters. The zero-order chi connectivity index (χ0) is 20.4. The average Bonchev–Trinajstić information content (AvgIpc) is 2.85. The molecule has 6 nitrogen and oxygen atoms in total. The molecule has 5 rings (SSSR count). The number of rotatable bonds is 5. The number of hydrogen-bond acceptors (Lipinski definition) is 5. The van der Waals surface area contributed by atoms with E-state index in [0.717, 1.165) is 5.56 Å². The van der Waals surface area contributed by atoms with Crippen LogP contribution < -0.4 is 4.74 Å². The molecular formula is C22H23NO5S. The number of ether oxygens (including phenoxy) is 2. The van der Waals surface area contributed by atoms with E-state index in [-0.39, 0.29) is 28.9 Å². The van der Waals surface area contributed by atoms with E-state index in [1.165, 1.54) is 4.31 Å². The highest BCUT2D eigenvalue weighted by Gasteiger charge is 2.80. The normalized spacial score (nSPS) is 29.8. The van der Waals surface area contributed by atoms with Gasteiger partial charge in [-0.05, 0) is 41.7 Å². The van der Waals surface area contributed by atoms with Crippen molar-refractivity contribution in [1.29, 1.82) is 0 Å². The zero-order valence-corrected chi connectivity index (χ0v) is 17.2. The van der Waals surface area contributed by atoms with E-state index >= 15 is 0 Å². The van der Waals surface area contributed by atoms with E-state index in [9.17, 15) is 13.2 Å².